The van der Waals surface area contributed by atoms with E-state index in [0.717, 1.165) is 5.57 Å². The number of amides is 2. The van der Waals surface area contributed by atoms with Gasteiger partial charge in [-0.1, -0.05) is 85.2 Å². The Morgan fingerprint density at radius 1 is 0.905 bits per heavy atom. The Balaban J connectivity index is 1.64. The van der Waals surface area contributed by atoms with Crippen LogP contribution in [0.2, 0.25) is 16.6 Å². The first-order valence-corrected chi connectivity index (χ1v) is 28.2. The summed E-state index contributed by atoms with van der Waals surface area (Å²) >= 11 is 0. The van der Waals surface area contributed by atoms with E-state index in [-0.39, 0.29) is 72.7 Å². The lowest BCUT2D eigenvalue weighted by atomic mass is 9.44. The largest absolute Gasteiger partial charge is 0.456 e. The Hall–Kier alpha value is -4.66. The molecule has 2 bridgehead atoms. The Kier molecular flexibility index (Phi) is 17.2. The molecule has 412 valence electrons. The summed E-state index contributed by atoms with van der Waals surface area (Å²) in [4.78, 5) is 89.4. The molecule has 2 amide bonds. The summed E-state index contributed by atoms with van der Waals surface area (Å²) in [5.74, 6) is -5.02. The van der Waals surface area contributed by atoms with Crippen molar-refractivity contribution in [2.75, 3.05) is 32.9 Å². The van der Waals surface area contributed by atoms with Gasteiger partial charge in [0.2, 0.25) is 8.32 Å². The van der Waals surface area contributed by atoms with Crippen molar-refractivity contribution in [2.24, 2.45) is 16.7 Å². The van der Waals surface area contributed by atoms with Crippen LogP contribution in [0.3, 0.4) is 0 Å². The zero-order valence-corrected chi connectivity index (χ0v) is 47.3. The molecular weight excluding hydrogens is 973 g/mol. The number of aliphatic hydroxyl groups is 2. The fraction of sp³-hybridized carbons (Fsp3) is 0.709. The van der Waals surface area contributed by atoms with E-state index in [1.54, 1.807) is 65.8 Å². The number of nitrogens with one attached hydrogen (secondary N) is 1. The number of carbonyl (C=O) groups is 6. The minimum absolute atomic E-state index is 0.0391. The molecule has 1 aromatic carbocycles. The number of esters is 3. The molecule has 0 aromatic heterocycles. The first-order valence-electron chi connectivity index (χ1n) is 26.1. The number of ether oxygens (including phenoxy) is 7. The molecule has 4 fully saturated rings. The normalized spacial score (nSPS) is 30.6. The number of fused-ring (bicyclic) bond motifs is 5. The number of aliphatic hydroxyl groups excluding tert-OH is 1. The van der Waals surface area contributed by atoms with Gasteiger partial charge in [-0.25, -0.2) is 19.2 Å². The van der Waals surface area contributed by atoms with Crippen molar-refractivity contribution in [3.05, 3.63) is 58.7 Å². The summed E-state index contributed by atoms with van der Waals surface area (Å²) in [5.41, 5.74) is -7.94. The highest BCUT2D eigenvalue weighted by Crippen LogP contribution is 2.64. The second kappa shape index (κ2) is 21.8. The van der Waals surface area contributed by atoms with Crippen molar-refractivity contribution in [2.45, 2.75) is 200 Å². The van der Waals surface area contributed by atoms with Gasteiger partial charge in [0.05, 0.1) is 48.9 Å². The van der Waals surface area contributed by atoms with E-state index in [9.17, 15) is 29.4 Å². The maximum atomic E-state index is 16.2. The summed E-state index contributed by atoms with van der Waals surface area (Å²) in [6.07, 6.45) is -10.0. The zero-order chi connectivity index (χ0) is 55.3. The average Bonchev–Trinajstić information content (AvgIpc) is 3.29. The monoisotopic (exact) mass is 1050 g/mol. The second-order valence-corrected chi connectivity index (χ2v) is 29.2. The quantitative estimate of drug-likeness (QED) is 0.0707. The predicted molar refractivity (Wildman–Crippen MR) is 274 cm³/mol. The van der Waals surface area contributed by atoms with Crippen LogP contribution in [0, 0.1) is 16.7 Å². The third-order valence-electron chi connectivity index (χ3n) is 16.4. The number of rotatable bonds is 14. The Morgan fingerprint density at radius 3 is 2.01 bits per heavy atom. The number of Topliss-reactive ketones (excluding diaryl/α,β-unsaturated/α-hetero) is 1. The minimum Gasteiger partial charge on any atom is -0.456 e. The van der Waals surface area contributed by atoms with E-state index in [0.29, 0.717) is 0 Å². The minimum atomic E-state index is -3.04. The maximum absolute atomic E-state index is 16.2. The molecule has 19 heteroatoms. The van der Waals surface area contributed by atoms with E-state index < -0.39 is 127 Å². The van der Waals surface area contributed by atoms with Gasteiger partial charge in [0.1, 0.15) is 29.5 Å². The average molecular weight is 1060 g/mol. The van der Waals surface area contributed by atoms with E-state index in [1.165, 1.54) is 30.9 Å². The Bertz CT molecular complexity index is 2330. The standard InChI is InChI=1S/C55H82N2O16Si/c1-30(2)26-37(56-49(63)72-51(11,12)13)42(73-74(31(3)4,32(5)6)33(7)8)48(62)68-38-28-55(65)46(70-47(61)36-20-18-17-19-21-36)44-53(16,39(59)27-40-54(44,29-67-40)71-35(10)58)45(60)43(41(34(38)9)52(55,14)15)69-50(64)57-22-24-66-25-23-57/h17-21,26,31-33,37-40,42-44,46,59,65H,22-25,27-29H2,1-16H3,(H,56,63)/t37-,38-,39-,40+,42+,43+,44-,46-,53+,54-,55+/m0/s1. The highest BCUT2D eigenvalue weighted by atomic mass is 28.4. The van der Waals surface area contributed by atoms with Gasteiger partial charge in [-0.3, -0.25) is 9.59 Å². The Labute approximate surface area is 437 Å². The van der Waals surface area contributed by atoms with Crippen LogP contribution in [0.15, 0.2) is 53.1 Å². The van der Waals surface area contributed by atoms with Gasteiger partial charge < -0.3 is 58.0 Å². The number of carbonyl (C=O) groups excluding carboxylic acids is 6. The summed E-state index contributed by atoms with van der Waals surface area (Å²) < 4.78 is 50.5. The molecule has 3 N–H and O–H groups in total. The topological polar surface area (TPSA) is 232 Å². The lowest BCUT2D eigenvalue weighted by Crippen LogP contribution is -2.82. The fourth-order valence-corrected chi connectivity index (χ4v) is 18.4. The molecule has 2 heterocycles. The first kappa shape index (κ1) is 58.6. The van der Waals surface area contributed by atoms with Gasteiger partial charge in [-0.15, -0.1) is 0 Å². The molecule has 11 atom stereocenters. The van der Waals surface area contributed by atoms with E-state index in [1.807, 2.05) is 13.8 Å². The fourth-order valence-electron chi connectivity index (χ4n) is 12.9. The van der Waals surface area contributed by atoms with Gasteiger partial charge in [0.25, 0.3) is 0 Å². The van der Waals surface area contributed by atoms with Gasteiger partial charge in [-0.05, 0) is 88.4 Å². The first-order chi connectivity index (χ1) is 34.3. The summed E-state index contributed by atoms with van der Waals surface area (Å²) in [6, 6.07) is 6.84. The summed E-state index contributed by atoms with van der Waals surface area (Å²) in [6.45, 7) is 29.0. The maximum Gasteiger partial charge on any atom is 0.410 e. The van der Waals surface area contributed by atoms with Crippen LogP contribution >= 0.6 is 0 Å². The van der Waals surface area contributed by atoms with Gasteiger partial charge in [0.15, 0.2) is 23.6 Å². The number of ketones is 1. The number of morpholine rings is 1. The van der Waals surface area contributed by atoms with Crippen LogP contribution in [-0.4, -0.2) is 152 Å². The summed E-state index contributed by atoms with van der Waals surface area (Å²) in [7, 11) is -3.04. The number of benzene rings is 1. The molecule has 2 saturated carbocycles. The third kappa shape index (κ3) is 10.7. The zero-order valence-electron chi connectivity index (χ0n) is 46.3. The molecule has 18 nitrogen and oxygen atoms in total. The van der Waals surface area contributed by atoms with Crippen LogP contribution < -0.4 is 5.32 Å². The van der Waals surface area contributed by atoms with Crippen molar-refractivity contribution in [1.82, 2.24) is 10.2 Å². The molecule has 6 rings (SSSR count). The number of hydrogen-bond donors (Lipinski definition) is 3. The van der Waals surface area contributed by atoms with Crippen LogP contribution in [0.4, 0.5) is 9.59 Å². The lowest BCUT2D eigenvalue weighted by Gasteiger charge is -2.67. The molecule has 74 heavy (non-hydrogen) atoms. The van der Waals surface area contributed by atoms with Crippen LogP contribution in [0.1, 0.15) is 134 Å². The predicted octanol–water partition coefficient (Wildman–Crippen LogP) is 7.53. The van der Waals surface area contributed by atoms with Gasteiger partial charge >= 0.3 is 30.1 Å². The second-order valence-electron chi connectivity index (χ2n) is 23.8. The van der Waals surface area contributed by atoms with Crippen molar-refractivity contribution < 1.29 is 76.6 Å². The van der Waals surface area contributed by atoms with E-state index >= 15 is 9.59 Å². The van der Waals surface area contributed by atoms with Gasteiger partial charge in [0, 0.05) is 38.3 Å². The molecule has 1 aromatic rings. The van der Waals surface area contributed by atoms with Crippen molar-refractivity contribution in [1.29, 1.82) is 0 Å². The lowest BCUT2D eigenvalue weighted by molar-refractivity contribution is -0.345. The molecule has 0 spiro atoms. The SMILES string of the molecule is CC(=O)O[C@@]12CO[C@@H]1C[C@H](O)[C@@]1(C)C(=O)[C@H](OC(=O)N3CCOCC3)C3=C(C)[C@@H](OC(=O)[C@H](O[Si](C(C)C)(C(C)C)C(C)C)[C@H](C=C(C)C)NC(=O)OC(C)(C)C)C[C@@](O)([C@@H](OC(=O)c4ccccc4)[C@H]21)C3(C)C. The number of hydrogen-bond acceptors (Lipinski definition) is 16. The Morgan fingerprint density at radius 2 is 1.50 bits per heavy atom. The molecule has 2 aliphatic heterocycles. The van der Waals surface area contributed by atoms with Gasteiger partial charge in [-0.2, -0.15) is 0 Å². The number of alkyl carbamates (subject to hydrolysis) is 1. The van der Waals surface area contributed by atoms with Crippen LogP contribution in [0.25, 0.3) is 0 Å². The third-order valence-corrected chi connectivity index (χ3v) is 22.5. The number of allylic oxidation sites excluding steroid dienone is 1. The highest BCUT2D eigenvalue weighted by molar-refractivity contribution is 6.77. The summed E-state index contributed by atoms with van der Waals surface area (Å²) in [5, 5.41) is 29.6. The molecule has 5 aliphatic rings. The van der Waals surface area contributed by atoms with Crippen molar-refractivity contribution in [3.63, 3.8) is 0 Å². The van der Waals surface area contributed by atoms with E-state index in [2.05, 4.69) is 46.9 Å². The molecule has 2 saturated heterocycles. The smallest absolute Gasteiger partial charge is 0.410 e. The molecule has 3 aliphatic carbocycles. The van der Waals surface area contributed by atoms with Crippen LogP contribution in [-0.2, 0) is 52.0 Å². The van der Waals surface area contributed by atoms with Crippen LogP contribution in [0.5, 0.6) is 0 Å². The van der Waals surface area contributed by atoms with E-state index in [4.69, 9.17) is 37.6 Å². The van der Waals surface area contributed by atoms with Crippen molar-refractivity contribution >= 4 is 44.2 Å². The molecular formula is C55H82N2O16Si. The number of nitrogens with zero attached hydrogens (tertiary/aromatic N) is 1. The molecule has 0 radical (unpaired) electrons. The highest BCUT2D eigenvalue weighted by Gasteiger charge is 2.78. The van der Waals surface area contributed by atoms with Crippen molar-refractivity contribution in [3.8, 4) is 0 Å². The molecule has 0 unspecified atom stereocenters.